The Labute approximate surface area is 138 Å². The second-order valence-corrected chi connectivity index (χ2v) is 6.33. The molecule has 3 rings (SSSR count). The molecule has 0 aliphatic carbocycles. The van der Waals surface area contributed by atoms with Gasteiger partial charge in [0, 0.05) is 48.6 Å². The molecular weight excluding hydrogens is 349 g/mol. The smallest absolute Gasteiger partial charge is 0.140 e. The summed E-state index contributed by atoms with van der Waals surface area (Å²) >= 11 is 3.33. The Hall–Kier alpha value is -1.24. The van der Waals surface area contributed by atoms with Gasteiger partial charge in [-0.05, 0) is 24.6 Å². The number of aryl methyl sites for hydroxylation is 1. The second-order valence-electron chi connectivity index (χ2n) is 5.41. The number of aromatic nitrogens is 2. The summed E-state index contributed by atoms with van der Waals surface area (Å²) in [6.45, 7) is 5.59. The van der Waals surface area contributed by atoms with Gasteiger partial charge in [-0.15, -0.1) is 0 Å². The van der Waals surface area contributed by atoms with Gasteiger partial charge >= 0.3 is 0 Å². The number of nitrogens with zero attached hydrogens (tertiary/aromatic N) is 3. The van der Waals surface area contributed by atoms with Crippen molar-refractivity contribution in [3.8, 4) is 11.4 Å². The third-order valence-corrected chi connectivity index (χ3v) is 4.27. The summed E-state index contributed by atoms with van der Waals surface area (Å²) in [5, 5.41) is 0. The van der Waals surface area contributed by atoms with Crippen LogP contribution in [-0.2, 0) is 11.3 Å². The Morgan fingerprint density at radius 3 is 2.77 bits per heavy atom. The fourth-order valence-corrected chi connectivity index (χ4v) is 3.19. The van der Waals surface area contributed by atoms with Crippen LogP contribution in [0.15, 0.2) is 35.1 Å². The molecule has 1 fully saturated rings. The van der Waals surface area contributed by atoms with Crippen LogP contribution in [-0.4, -0.2) is 47.3 Å². The highest BCUT2D eigenvalue weighted by Crippen LogP contribution is 2.23. The molecule has 4 nitrogen and oxygen atoms in total. The maximum absolute atomic E-state index is 13.6. The van der Waals surface area contributed by atoms with E-state index in [4.69, 9.17) is 4.74 Å². The fraction of sp³-hybridized carbons (Fsp3) is 0.438. The van der Waals surface area contributed by atoms with Gasteiger partial charge in [-0.1, -0.05) is 15.9 Å². The van der Waals surface area contributed by atoms with E-state index in [-0.39, 0.29) is 5.82 Å². The Kier molecular flexibility index (Phi) is 5.23. The number of hydrogen-bond donors (Lipinski definition) is 0. The molecular formula is C16H19BrFN3O. The normalized spacial score (nSPS) is 16.1. The molecule has 0 saturated carbocycles. The molecule has 0 atom stereocenters. The molecule has 6 heteroatoms. The average Bonchev–Trinajstić information content (AvgIpc) is 2.96. The molecule has 0 N–H and O–H groups in total. The molecule has 1 aliphatic rings. The van der Waals surface area contributed by atoms with E-state index in [0.29, 0.717) is 0 Å². The SMILES string of the molecule is Fc1cc(Br)cc(-c2nccn2CCCN2CCOCC2)c1. The summed E-state index contributed by atoms with van der Waals surface area (Å²) in [7, 11) is 0. The third-order valence-electron chi connectivity index (χ3n) is 3.81. The lowest BCUT2D eigenvalue weighted by Crippen LogP contribution is -2.37. The van der Waals surface area contributed by atoms with Crippen molar-refractivity contribution in [2.75, 3.05) is 32.8 Å². The maximum atomic E-state index is 13.6. The van der Waals surface area contributed by atoms with Gasteiger partial charge in [0.05, 0.1) is 13.2 Å². The van der Waals surface area contributed by atoms with Crippen LogP contribution in [0.2, 0.25) is 0 Å². The van der Waals surface area contributed by atoms with E-state index < -0.39 is 0 Å². The van der Waals surface area contributed by atoms with Crippen molar-refractivity contribution in [3.05, 3.63) is 40.9 Å². The van der Waals surface area contributed by atoms with Crippen LogP contribution in [0, 0.1) is 5.82 Å². The number of rotatable bonds is 5. The first-order valence-corrected chi connectivity index (χ1v) is 8.29. The van der Waals surface area contributed by atoms with Crippen LogP contribution in [0.3, 0.4) is 0 Å². The number of halogens is 2. The van der Waals surface area contributed by atoms with E-state index in [9.17, 15) is 4.39 Å². The Morgan fingerprint density at radius 1 is 1.18 bits per heavy atom. The van der Waals surface area contributed by atoms with Crippen molar-refractivity contribution in [1.29, 1.82) is 0 Å². The van der Waals surface area contributed by atoms with Crippen molar-refractivity contribution in [3.63, 3.8) is 0 Å². The average molecular weight is 368 g/mol. The lowest BCUT2D eigenvalue weighted by atomic mass is 10.2. The highest BCUT2D eigenvalue weighted by atomic mass is 79.9. The molecule has 1 aliphatic heterocycles. The molecule has 0 bridgehead atoms. The maximum Gasteiger partial charge on any atom is 0.140 e. The highest BCUT2D eigenvalue weighted by Gasteiger charge is 2.11. The second kappa shape index (κ2) is 7.35. The molecule has 0 unspecified atom stereocenters. The van der Waals surface area contributed by atoms with E-state index in [1.54, 1.807) is 6.20 Å². The van der Waals surface area contributed by atoms with Crippen molar-refractivity contribution >= 4 is 15.9 Å². The third kappa shape index (κ3) is 3.94. The summed E-state index contributed by atoms with van der Waals surface area (Å²) in [5.74, 6) is 0.550. The van der Waals surface area contributed by atoms with Gasteiger partial charge in [0.1, 0.15) is 11.6 Å². The zero-order chi connectivity index (χ0) is 15.4. The zero-order valence-corrected chi connectivity index (χ0v) is 13.9. The Balaban J connectivity index is 1.64. The predicted molar refractivity (Wildman–Crippen MR) is 87.2 cm³/mol. The first-order valence-electron chi connectivity index (χ1n) is 7.50. The van der Waals surface area contributed by atoms with Crippen LogP contribution >= 0.6 is 15.9 Å². The van der Waals surface area contributed by atoms with Crippen LogP contribution < -0.4 is 0 Å². The van der Waals surface area contributed by atoms with Crippen LogP contribution in [0.25, 0.3) is 11.4 Å². The minimum absolute atomic E-state index is 0.257. The minimum atomic E-state index is -0.257. The molecule has 1 aromatic heterocycles. The van der Waals surface area contributed by atoms with Crippen molar-refractivity contribution in [2.45, 2.75) is 13.0 Å². The molecule has 1 aromatic carbocycles. The summed E-state index contributed by atoms with van der Waals surface area (Å²) < 4.78 is 21.7. The van der Waals surface area contributed by atoms with Crippen LogP contribution in [0.5, 0.6) is 0 Å². The Morgan fingerprint density at radius 2 is 2.00 bits per heavy atom. The molecule has 2 aromatic rings. The molecule has 0 amide bonds. The molecule has 0 radical (unpaired) electrons. The van der Waals surface area contributed by atoms with Gasteiger partial charge < -0.3 is 9.30 Å². The summed E-state index contributed by atoms with van der Waals surface area (Å²) in [5.41, 5.74) is 0.795. The standard InChI is InChI=1S/C16H19BrFN3O/c17-14-10-13(11-15(18)12-14)16-19-2-5-21(16)4-1-3-20-6-8-22-9-7-20/h2,5,10-12H,1,3-4,6-9H2. The highest BCUT2D eigenvalue weighted by molar-refractivity contribution is 9.10. The van der Waals surface area contributed by atoms with E-state index in [0.717, 1.165) is 61.7 Å². The monoisotopic (exact) mass is 367 g/mol. The van der Waals surface area contributed by atoms with Gasteiger partial charge in [0.15, 0.2) is 0 Å². The number of ether oxygens (including phenoxy) is 1. The van der Waals surface area contributed by atoms with E-state index in [2.05, 4.69) is 30.4 Å². The lowest BCUT2D eigenvalue weighted by molar-refractivity contribution is 0.0369. The predicted octanol–water partition coefficient (Wildman–Crippen LogP) is 3.17. The van der Waals surface area contributed by atoms with E-state index in [1.165, 1.54) is 12.1 Å². The lowest BCUT2D eigenvalue weighted by Gasteiger charge is -2.26. The molecule has 118 valence electrons. The van der Waals surface area contributed by atoms with Crippen LogP contribution in [0.1, 0.15) is 6.42 Å². The van der Waals surface area contributed by atoms with Crippen molar-refractivity contribution in [2.24, 2.45) is 0 Å². The minimum Gasteiger partial charge on any atom is -0.379 e. The number of morpholine rings is 1. The van der Waals surface area contributed by atoms with E-state index in [1.807, 2.05) is 12.3 Å². The number of benzene rings is 1. The first-order chi connectivity index (χ1) is 10.7. The quantitative estimate of drug-likeness (QED) is 0.812. The fourth-order valence-electron chi connectivity index (χ4n) is 2.72. The van der Waals surface area contributed by atoms with Gasteiger partial charge in [-0.2, -0.15) is 0 Å². The van der Waals surface area contributed by atoms with Gasteiger partial charge in [-0.25, -0.2) is 9.37 Å². The first kappa shape index (κ1) is 15.6. The van der Waals surface area contributed by atoms with E-state index >= 15 is 0 Å². The summed E-state index contributed by atoms with van der Waals surface area (Å²) in [4.78, 5) is 6.79. The molecule has 0 spiro atoms. The Bertz CT molecular complexity index is 605. The topological polar surface area (TPSA) is 30.3 Å². The van der Waals surface area contributed by atoms with Crippen molar-refractivity contribution < 1.29 is 9.13 Å². The van der Waals surface area contributed by atoms with Gasteiger partial charge in [0.2, 0.25) is 0 Å². The molecule has 22 heavy (non-hydrogen) atoms. The largest absolute Gasteiger partial charge is 0.379 e. The molecule has 2 heterocycles. The number of imidazole rings is 1. The van der Waals surface area contributed by atoms with Crippen LogP contribution in [0.4, 0.5) is 4.39 Å². The summed E-state index contributed by atoms with van der Waals surface area (Å²) in [6.07, 6.45) is 4.76. The van der Waals surface area contributed by atoms with Gasteiger partial charge in [-0.3, -0.25) is 4.90 Å². The van der Waals surface area contributed by atoms with Gasteiger partial charge in [0.25, 0.3) is 0 Å². The summed E-state index contributed by atoms with van der Waals surface area (Å²) in [6, 6.07) is 4.87. The molecule has 1 saturated heterocycles. The van der Waals surface area contributed by atoms with Crippen molar-refractivity contribution in [1.82, 2.24) is 14.5 Å². The number of hydrogen-bond acceptors (Lipinski definition) is 3. The zero-order valence-electron chi connectivity index (χ0n) is 12.3.